The van der Waals surface area contributed by atoms with E-state index in [1.54, 1.807) is 0 Å². The van der Waals surface area contributed by atoms with E-state index in [1.807, 2.05) is 0 Å². The van der Waals surface area contributed by atoms with Gasteiger partial charge in [0.25, 0.3) is 0 Å². The van der Waals surface area contributed by atoms with E-state index in [0.717, 1.165) is 44.6 Å². The van der Waals surface area contributed by atoms with E-state index in [0.29, 0.717) is 29.0 Å². The van der Waals surface area contributed by atoms with Crippen LogP contribution in [0.5, 0.6) is 0 Å². The summed E-state index contributed by atoms with van der Waals surface area (Å²) in [6.07, 6.45) is 8.47. The van der Waals surface area contributed by atoms with Crippen LogP contribution in [-0.2, 0) is 11.3 Å². The van der Waals surface area contributed by atoms with Gasteiger partial charge in [-0.2, -0.15) is 0 Å². The highest BCUT2D eigenvalue weighted by Gasteiger charge is 2.61. The second-order valence-corrected chi connectivity index (χ2v) is 11.0. The molecule has 1 aromatic carbocycles. The average molecular weight is 396 g/mol. The molecule has 0 bridgehead atoms. The summed E-state index contributed by atoms with van der Waals surface area (Å²) >= 11 is 0. The van der Waals surface area contributed by atoms with Crippen LogP contribution in [0.2, 0.25) is 0 Å². The van der Waals surface area contributed by atoms with Gasteiger partial charge in [-0.1, -0.05) is 44.2 Å². The van der Waals surface area contributed by atoms with Crippen molar-refractivity contribution in [3.05, 3.63) is 35.9 Å². The van der Waals surface area contributed by atoms with Crippen LogP contribution in [0.25, 0.3) is 0 Å². The Morgan fingerprint density at radius 3 is 2.55 bits per heavy atom. The van der Waals surface area contributed by atoms with Gasteiger partial charge in [0.1, 0.15) is 5.78 Å². The van der Waals surface area contributed by atoms with Gasteiger partial charge in [-0.05, 0) is 79.6 Å². The van der Waals surface area contributed by atoms with Crippen LogP contribution in [-0.4, -0.2) is 23.0 Å². The molecule has 0 amide bonds. The first-order chi connectivity index (χ1) is 13.9. The van der Waals surface area contributed by atoms with Crippen molar-refractivity contribution in [2.24, 2.45) is 34.5 Å². The number of fused-ring (bicyclic) bond motifs is 5. The van der Waals surface area contributed by atoms with Gasteiger partial charge in [0.2, 0.25) is 0 Å². The molecule has 0 radical (unpaired) electrons. The van der Waals surface area contributed by atoms with Gasteiger partial charge < -0.3 is 10.4 Å². The Balaban J connectivity index is 1.37. The van der Waals surface area contributed by atoms with Crippen molar-refractivity contribution in [2.75, 3.05) is 0 Å². The van der Waals surface area contributed by atoms with Gasteiger partial charge in [-0.15, -0.1) is 0 Å². The number of carbonyl (C=O) groups is 1. The average Bonchev–Trinajstić information content (AvgIpc) is 3.03. The first-order valence-electron chi connectivity index (χ1n) is 11.9. The molecular formula is C26H37NO2. The van der Waals surface area contributed by atoms with Crippen molar-refractivity contribution in [2.45, 2.75) is 83.9 Å². The summed E-state index contributed by atoms with van der Waals surface area (Å²) in [6.45, 7) is 5.63. The highest BCUT2D eigenvalue weighted by Crippen LogP contribution is 2.65. The standard InChI is InChI=1S/C26H37NO2/c1-25-15-13-22(28)24(27-16-17-6-4-3-5-7-17)21(25)9-8-18-19-10-11-23(29)26(19,2)14-12-20(18)25/h3-7,18-22,24,27-28H,8-16H2,1-2H3/t18-,19-,20-,21-,22+,24+,25+,26-/m0/s1. The molecule has 4 aliphatic carbocycles. The second-order valence-electron chi connectivity index (χ2n) is 11.0. The molecule has 0 unspecified atom stereocenters. The predicted octanol–water partition coefficient (Wildman–Crippen LogP) is 4.73. The molecule has 158 valence electrons. The molecule has 3 nitrogen and oxygen atoms in total. The Morgan fingerprint density at radius 1 is 0.966 bits per heavy atom. The SMILES string of the molecule is C[C@]12CC[C@@H](O)[C@H](NCc3ccccc3)[C@@H]1CC[C@@H]1[C@@H]2CC[C@]2(C)C(=O)CC[C@@H]12. The summed E-state index contributed by atoms with van der Waals surface area (Å²) < 4.78 is 0. The fourth-order valence-electron chi connectivity index (χ4n) is 8.23. The van der Waals surface area contributed by atoms with Crippen molar-refractivity contribution in [3.8, 4) is 0 Å². The number of Topliss-reactive ketones (excluding diaryl/α,β-unsaturated/α-hetero) is 1. The Labute approximate surface area is 175 Å². The van der Waals surface area contributed by atoms with Crippen LogP contribution in [0.4, 0.5) is 0 Å². The number of hydrogen-bond acceptors (Lipinski definition) is 3. The van der Waals surface area contributed by atoms with Crippen LogP contribution < -0.4 is 5.32 Å². The van der Waals surface area contributed by atoms with Crippen LogP contribution in [0, 0.1) is 34.5 Å². The minimum absolute atomic E-state index is 0.0382. The highest BCUT2D eigenvalue weighted by atomic mass is 16.3. The zero-order chi connectivity index (χ0) is 20.2. The summed E-state index contributed by atoms with van der Waals surface area (Å²) in [5.41, 5.74) is 1.55. The molecule has 4 saturated carbocycles. The molecule has 0 spiro atoms. The minimum Gasteiger partial charge on any atom is -0.391 e. The smallest absolute Gasteiger partial charge is 0.139 e. The van der Waals surface area contributed by atoms with E-state index in [9.17, 15) is 9.90 Å². The lowest BCUT2D eigenvalue weighted by Crippen LogP contribution is -2.61. The Bertz CT molecular complexity index is 763. The summed E-state index contributed by atoms with van der Waals surface area (Å²) in [6, 6.07) is 10.8. The molecule has 3 heteroatoms. The number of benzene rings is 1. The van der Waals surface area contributed by atoms with Gasteiger partial charge in [-0.3, -0.25) is 4.79 Å². The molecule has 0 aliphatic heterocycles. The lowest BCUT2D eigenvalue weighted by atomic mass is 9.44. The largest absolute Gasteiger partial charge is 0.391 e. The van der Waals surface area contributed by atoms with E-state index >= 15 is 0 Å². The molecule has 4 aliphatic rings. The molecular weight excluding hydrogens is 358 g/mol. The highest BCUT2D eigenvalue weighted by molar-refractivity contribution is 5.87. The molecule has 0 heterocycles. The van der Waals surface area contributed by atoms with Gasteiger partial charge in [0.05, 0.1) is 6.10 Å². The van der Waals surface area contributed by atoms with Crippen LogP contribution in [0.15, 0.2) is 30.3 Å². The second kappa shape index (κ2) is 7.20. The Morgan fingerprint density at radius 2 is 1.76 bits per heavy atom. The first kappa shape index (κ1) is 19.8. The number of aliphatic hydroxyl groups excluding tert-OH is 1. The molecule has 0 aromatic heterocycles. The maximum absolute atomic E-state index is 12.6. The molecule has 1 aromatic rings. The molecule has 4 fully saturated rings. The number of aliphatic hydroxyl groups is 1. The lowest BCUT2D eigenvalue weighted by molar-refractivity contribution is -0.147. The normalized spacial score (nSPS) is 46.7. The maximum Gasteiger partial charge on any atom is 0.139 e. The van der Waals surface area contributed by atoms with Crippen molar-refractivity contribution in [1.82, 2.24) is 5.32 Å². The molecule has 29 heavy (non-hydrogen) atoms. The predicted molar refractivity (Wildman–Crippen MR) is 115 cm³/mol. The van der Waals surface area contributed by atoms with Crippen molar-refractivity contribution in [1.29, 1.82) is 0 Å². The van der Waals surface area contributed by atoms with E-state index in [2.05, 4.69) is 49.5 Å². The molecule has 8 atom stereocenters. The zero-order valence-electron chi connectivity index (χ0n) is 18.1. The summed E-state index contributed by atoms with van der Waals surface area (Å²) in [7, 11) is 0. The minimum atomic E-state index is -0.241. The van der Waals surface area contributed by atoms with Crippen molar-refractivity contribution < 1.29 is 9.90 Å². The summed E-state index contributed by atoms with van der Waals surface area (Å²) in [4.78, 5) is 12.6. The van der Waals surface area contributed by atoms with Crippen LogP contribution in [0.1, 0.15) is 70.8 Å². The first-order valence-corrected chi connectivity index (χ1v) is 11.9. The number of carbonyl (C=O) groups excluding carboxylic acids is 1. The van der Waals surface area contributed by atoms with E-state index in [-0.39, 0.29) is 17.6 Å². The number of ketones is 1. The van der Waals surface area contributed by atoms with E-state index in [4.69, 9.17) is 0 Å². The van der Waals surface area contributed by atoms with Crippen LogP contribution in [0.3, 0.4) is 0 Å². The third-order valence-electron chi connectivity index (χ3n) is 9.86. The van der Waals surface area contributed by atoms with E-state index in [1.165, 1.54) is 24.8 Å². The quantitative estimate of drug-likeness (QED) is 0.778. The number of hydrogen-bond donors (Lipinski definition) is 2. The number of rotatable bonds is 3. The van der Waals surface area contributed by atoms with Gasteiger partial charge in [0, 0.05) is 24.4 Å². The molecule has 2 N–H and O–H groups in total. The fourth-order valence-corrected chi connectivity index (χ4v) is 8.23. The third-order valence-corrected chi connectivity index (χ3v) is 9.86. The Kier molecular flexibility index (Phi) is 4.90. The summed E-state index contributed by atoms with van der Waals surface area (Å²) in [5, 5.41) is 14.7. The maximum atomic E-state index is 12.6. The monoisotopic (exact) mass is 395 g/mol. The number of nitrogens with one attached hydrogen (secondary N) is 1. The zero-order valence-corrected chi connectivity index (χ0v) is 18.1. The third kappa shape index (κ3) is 3.03. The topological polar surface area (TPSA) is 49.3 Å². The van der Waals surface area contributed by atoms with Crippen molar-refractivity contribution >= 4 is 5.78 Å². The molecule has 5 rings (SSSR count). The van der Waals surface area contributed by atoms with Gasteiger partial charge in [-0.25, -0.2) is 0 Å². The molecule has 0 saturated heterocycles. The fraction of sp³-hybridized carbons (Fsp3) is 0.731. The lowest BCUT2D eigenvalue weighted by Gasteiger charge is -2.61. The van der Waals surface area contributed by atoms with Crippen molar-refractivity contribution in [3.63, 3.8) is 0 Å². The van der Waals surface area contributed by atoms with Crippen LogP contribution >= 0.6 is 0 Å². The van der Waals surface area contributed by atoms with Gasteiger partial charge >= 0.3 is 0 Å². The Hall–Kier alpha value is -1.19. The summed E-state index contributed by atoms with van der Waals surface area (Å²) in [5.74, 6) is 3.12. The van der Waals surface area contributed by atoms with Gasteiger partial charge in [0.15, 0.2) is 0 Å². The van der Waals surface area contributed by atoms with E-state index < -0.39 is 0 Å².